The molecule has 1 aliphatic rings. The van der Waals surface area contributed by atoms with Crippen LogP contribution in [0.2, 0.25) is 0 Å². The minimum atomic E-state index is -4.54. The molecule has 0 saturated heterocycles. The van der Waals surface area contributed by atoms with Gasteiger partial charge in [0.05, 0.1) is 7.11 Å². The Morgan fingerprint density at radius 2 is 1.73 bits per heavy atom. The number of methoxy groups -OCH3 is 1. The maximum atomic E-state index is 14.3. The van der Waals surface area contributed by atoms with E-state index in [0.717, 1.165) is 6.92 Å². The highest BCUT2D eigenvalue weighted by Crippen LogP contribution is 2.31. The van der Waals surface area contributed by atoms with Crippen molar-refractivity contribution in [2.24, 2.45) is 0 Å². The van der Waals surface area contributed by atoms with Gasteiger partial charge in [-0.2, -0.15) is 28.1 Å². The number of ether oxygens (including phenoxy) is 1. The van der Waals surface area contributed by atoms with Gasteiger partial charge in [-0.25, -0.2) is 4.39 Å². The Morgan fingerprint density at radius 1 is 1.07 bits per heavy atom. The fraction of sp³-hybridized carbons (Fsp3) is 0.368. The zero-order valence-electron chi connectivity index (χ0n) is 16.2. The van der Waals surface area contributed by atoms with Gasteiger partial charge in [-0.15, -0.1) is 0 Å². The van der Waals surface area contributed by atoms with Crippen LogP contribution in [0.1, 0.15) is 32.0 Å². The van der Waals surface area contributed by atoms with E-state index < -0.39 is 23.8 Å². The lowest BCUT2D eigenvalue weighted by Gasteiger charge is -2.19. The maximum Gasteiger partial charge on any atom is 0.408 e. The number of rotatable bonds is 6. The van der Waals surface area contributed by atoms with Gasteiger partial charge in [-0.1, -0.05) is 0 Å². The van der Waals surface area contributed by atoms with Gasteiger partial charge in [-0.3, -0.25) is 4.79 Å². The number of halogens is 4. The molecule has 7 nitrogen and oxygen atoms in total. The Balaban J connectivity index is 1.99. The predicted octanol–water partition coefficient (Wildman–Crippen LogP) is 4.42. The largest absolute Gasteiger partial charge is 0.497 e. The van der Waals surface area contributed by atoms with E-state index in [0.29, 0.717) is 17.9 Å². The van der Waals surface area contributed by atoms with E-state index in [1.54, 1.807) is 24.3 Å². The molecular weight excluding hydrogens is 406 g/mol. The van der Waals surface area contributed by atoms with Crippen LogP contribution in [-0.4, -0.2) is 40.1 Å². The number of alkyl halides is 3. The minimum absolute atomic E-state index is 0.0471. The van der Waals surface area contributed by atoms with Crippen molar-refractivity contribution in [2.45, 2.75) is 38.4 Å². The molecule has 0 bridgehead atoms. The summed E-state index contributed by atoms with van der Waals surface area (Å²) in [4.78, 5) is 23.7. The summed E-state index contributed by atoms with van der Waals surface area (Å²) >= 11 is 0. The first-order valence-electron chi connectivity index (χ1n) is 9.10. The molecule has 11 heteroatoms. The molecule has 160 valence electrons. The summed E-state index contributed by atoms with van der Waals surface area (Å²) in [5.41, 5.74) is 0.478. The summed E-state index contributed by atoms with van der Waals surface area (Å²) in [6.07, 6.45) is -3.89. The number of hydrogen-bond acceptors (Lipinski definition) is 7. The molecule has 1 aromatic heterocycles. The summed E-state index contributed by atoms with van der Waals surface area (Å²) in [5.74, 6) is -1.73. The second-order valence-corrected chi connectivity index (χ2v) is 6.64. The van der Waals surface area contributed by atoms with Gasteiger partial charge < -0.3 is 15.4 Å². The molecule has 1 atom stereocenters. The molecule has 2 N–H and O–H groups in total. The molecule has 0 radical (unpaired) electrons. The third-order valence-corrected chi connectivity index (χ3v) is 4.43. The van der Waals surface area contributed by atoms with Crippen molar-refractivity contribution in [3.63, 3.8) is 0 Å². The third kappa shape index (κ3) is 5.02. The second kappa shape index (κ2) is 8.64. The Hall–Kier alpha value is -3.24. The molecule has 0 spiro atoms. The number of nitrogens with one attached hydrogen (secondary N) is 2. The van der Waals surface area contributed by atoms with Crippen molar-refractivity contribution in [2.75, 3.05) is 17.7 Å². The molecule has 0 amide bonds. The summed E-state index contributed by atoms with van der Waals surface area (Å²) in [6.45, 7) is 0.907. The second-order valence-electron chi connectivity index (χ2n) is 6.64. The van der Waals surface area contributed by atoms with Crippen LogP contribution in [-0.2, 0) is 4.79 Å². The lowest BCUT2D eigenvalue weighted by Crippen LogP contribution is -2.34. The fourth-order valence-electron chi connectivity index (χ4n) is 2.73. The minimum Gasteiger partial charge on any atom is -0.497 e. The lowest BCUT2D eigenvalue weighted by atomic mass is 9.97. The first-order valence-corrected chi connectivity index (χ1v) is 9.10. The Kier molecular flexibility index (Phi) is 6.18. The average Bonchev–Trinajstić information content (AvgIpc) is 2.69. The van der Waals surface area contributed by atoms with E-state index in [1.165, 1.54) is 7.11 Å². The van der Waals surface area contributed by atoms with Crippen molar-refractivity contribution in [3.05, 3.63) is 35.9 Å². The van der Waals surface area contributed by atoms with Gasteiger partial charge in [0.2, 0.25) is 11.9 Å². The first kappa shape index (κ1) is 21.5. The normalized spacial score (nSPS) is 15.7. The van der Waals surface area contributed by atoms with Gasteiger partial charge >= 0.3 is 6.18 Å². The van der Waals surface area contributed by atoms with Crippen LogP contribution in [0.4, 0.5) is 35.1 Å². The van der Waals surface area contributed by atoms with Crippen LogP contribution in [0, 0.1) is 0 Å². The van der Waals surface area contributed by atoms with Crippen LogP contribution in [0.15, 0.2) is 30.1 Å². The quantitative estimate of drug-likeness (QED) is 0.663. The zero-order chi connectivity index (χ0) is 21.9. The van der Waals surface area contributed by atoms with E-state index in [1.807, 2.05) is 0 Å². The summed E-state index contributed by atoms with van der Waals surface area (Å²) in [7, 11) is 1.51. The molecule has 1 unspecified atom stereocenters. The SMILES string of the molecule is COc1ccc(Nc2nc(NC(C)C(F)(F)F)nc(C3=C(F)C(=O)CCC3)n2)cc1. The number of Topliss-reactive ketones (excluding diaryl/α,β-unsaturated/α-hetero) is 1. The molecule has 0 aliphatic heterocycles. The number of aromatic nitrogens is 3. The van der Waals surface area contributed by atoms with Gasteiger partial charge in [0, 0.05) is 17.7 Å². The molecular formula is C19H19F4N5O2. The van der Waals surface area contributed by atoms with E-state index in [2.05, 4.69) is 25.6 Å². The van der Waals surface area contributed by atoms with Crippen LogP contribution >= 0.6 is 0 Å². The highest BCUT2D eigenvalue weighted by molar-refractivity contribution is 6.01. The molecule has 1 aliphatic carbocycles. The van der Waals surface area contributed by atoms with Crippen LogP contribution in [0.25, 0.3) is 5.57 Å². The van der Waals surface area contributed by atoms with E-state index in [9.17, 15) is 22.4 Å². The van der Waals surface area contributed by atoms with Crippen molar-refractivity contribution in [1.29, 1.82) is 0 Å². The molecule has 30 heavy (non-hydrogen) atoms. The highest BCUT2D eigenvalue weighted by atomic mass is 19.4. The monoisotopic (exact) mass is 425 g/mol. The van der Waals surface area contributed by atoms with E-state index in [-0.39, 0.29) is 36.1 Å². The van der Waals surface area contributed by atoms with Crippen LogP contribution in [0.5, 0.6) is 5.75 Å². The van der Waals surface area contributed by atoms with Crippen molar-refractivity contribution in [3.8, 4) is 5.75 Å². The number of benzene rings is 1. The topological polar surface area (TPSA) is 89.0 Å². The maximum absolute atomic E-state index is 14.3. The van der Waals surface area contributed by atoms with Gasteiger partial charge in [0.15, 0.2) is 17.4 Å². The van der Waals surface area contributed by atoms with Crippen molar-refractivity contribution < 1.29 is 27.1 Å². The zero-order valence-corrected chi connectivity index (χ0v) is 16.2. The molecule has 0 fully saturated rings. The van der Waals surface area contributed by atoms with Crippen molar-refractivity contribution in [1.82, 2.24) is 15.0 Å². The Bertz CT molecular complexity index is 960. The molecule has 1 aromatic carbocycles. The lowest BCUT2D eigenvalue weighted by molar-refractivity contribution is -0.138. The average molecular weight is 425 g/mol. The summed E-state index contributed by atoms with van der Waals surface area (Å²) in [5, 5.41) is 5.00. The summed E-state index contributed by atoms with van der Waals surface area (Å²) in [6, 6.07) is 4.68. The molecule has 3 rings (SSSR count). The highest BCUT2D eigenvalue weighted by Gasteiger charge is 2.36. The molecule has 2 aromatic rings. The van der Waals surface area contributed by atoms with Gasteiger partial charge in [0.1, 0.15) is 11.8 Å². The molecule has 0 saturated carbocycles. The number of carbonyl (C=O) groups is 1. The first-order chi connectivity index (χ1) is 14.2. The number of allylic oxidation sites excluding steroid dienone is 2. The number of hydrogen-bond donors (Lipinski definition) is 2. The number of anilines is 3. The predicted molar refractivity (Wildman–Crippen MR) is 102 cm³/mol. The van der Waals surface area contributed by atoms with Gasteiger partial charge in [-0.05, 0) is 44.0 Å². The molecule has 1 heterocycles. The van der Waals surface area contributed by atoms with E-state index in [4.69, 9.17) is 4.74 Å². The van der Waals surface area contributed by atoms with Crippen molar-refractivity contribution >= 4 is 28.9 Å². The van der Waals surface area contributed by atoms with Crippen LogP contribution in [0.3, 0.4) is 0 Å². The van der Waals surface area contributed by atoms with E-state index >= 15 is 0 Å². The Labute approximate surface area is 169 Å². The standard InChI is InChI=1S/C19H19F4N5O2/c1-10(19(21,22)23)24-17-26-16(13-4-3-5-14(29)15(13)20)27-18(28-17)25-11-6-8-12(30-2)9-7-11/h6-10H,3-5H2,1-2H3,(H2,24,25,26,27,28). The Morgan fingerprint density at radius 3 is 2.37 bits per heavy atom. The fourth-order valence-corrected chi connectivity index (χ4v) is 2.73. The third-order valence-electron chi connectivity index (χ3n) is 4.43. The number of nitrogens with zero attached hydrogens (tertiary/aromatic N) is 3. The summed E-state index contributed by atoms with van der Waals surface area (Å²) < 4.78 is 58.3. The van der Waals surface area contributed by atoms with Gasteiger partial charge in [0.25, 0.3) is 0 Å². The number of carbonyl (C=O) groups excluding carboxylic acids is 1. The number of ketones is 1. The van der Waals surface area contributed by atoms with Crippen LogP contribution < -0.4 is 15.4 Å². The smallest absolute Gasteiger partial charge is 0.408 e.